The highest BCUT2D eigenvalue weighted by Gasteiger charge is 2.34. The first-order valence-corrected chi connectivity index (χ1v) is 13.5. The van der Waals surface area contributed by atoms with Crippen LogP contribution in [0, 0.1) is 0 Å². The molecular weight excluding hydrogens is 468 g/mol. The third-order valence-electron chi connectivity index (χ3n) is 4.87. The molecule has 1 saturated heterocycles. The molecule has 1 amide bonds. The molecule has 0 bridgehead atoms. The Morgan fingerprint density at radius 1 is 1.35 bits per heavy atom. The summed E-state index contributed by atoms with van der Waals surface area (Å²) in [7, 11) is -7.27. The van der Waals surface area contributed by atoms with Crippen molar-refractivity contribution in [3.05, 3.63) is 18.2 Å². The van der Waals surface area contributed by atoms with E-state index in [1.807, 2.05) is 0 Å². The van der Waals surface area contributed by atoms with Gasteiger partial charge in [0.25, 0.3) is 5.91 Å². The maximum absolute atomic E-state index is 12.7. The predicted octanol–water partition coefficient (Wildman–Crippen LogP) is -0.0631. The van der Waals surface area contributed by atoms with Crippen LogP contribution >= 0.6 is 11.7 Å². The number of fused-ring (bicyclic) bond motifs is 1. The number of amides is 1. The van der Waals surface area contributed by atoms with E-state index < -0.39 is 50.4 Å². The summed E-state index contributed by atoms with van der Waals surface area (Å²) in [6.07, 6.45) is 0.336. The standard InChI is InChI=1S/C17H22N4O7S3/c1-3-21(12-7-8-30(24,25)10-12)15(22)9-28-17(23)11(2)20-31(26,27)14-6-4-5-13-16(14)19-29-18-13/h4-6,11-12,20H,3,7-10H2,1-2H3/t11-,12-/m0/s1. The molecule has 1 aromatic carbocycles. The second-order valence-electron chi connectivity index (χ2n) is 7.08. The van der Waals surface area contributed by atoms with Crippen LogP contribution in [0.2, 0.25) is 0 Å². The zero-order valence-corrected chi connectivity index (χ0v) is 19.3. The molecule has 11 nitrogen and oxygen atoms in total. The van der Waals surface area contributed by atoms with Gasteiger partial charge in [-0.25, -0.2) is 16.8 Å². The number of esters is 1. The van der Waals surface area contributed by atoms with Crippen molar-refractivity contribution < 1.29 is 31.2 Å². The maximum atomic E-state index is 12.7. The van der Waals surface area contributed by atoms with Gasteiger partial charge in [0.1, 0.15) is 22.0 Å². The number of likely N-dealkylation sites (N-methyl/N-ethyl adjacent to an activating group) is 1. The van der Waals surface area contributed by atoms with Crippen molar-refractivity contribution in [2.75, 3.05) is 24.7 Å². The Labute approximate surface area is 184 Å². The first-order chi connectivity index (χ1) is 14.5. The van der Waals surface area contributed by atoms with Crippen molar-refractivity contribution in [1.82, 2.24) is 18.4 Å². The molecule has 14 heteroatoms. The number of carbonyl (C=O) groups is 2. The maximum Gasteiger partial charge on any atom is 0.324 e. The molecule has 0 saturated carbocycles. The van der Waals surface area contributed by atoms with E-state index in [1.165, 1.54) is 24.0 Å². The number of sulfone groups is 1. The third-order valence-corrected chi connectivity index (χ3v) is 8.74. The number of nitrogens with zero attached hydrogens (tertiary/aromatic N) is 3. The van der Waals surface area contributed by atoms with E-state index in [-0.39, 0.29) is 28.5 Å². The molecule has 0 radical (unpaired) electrons. The topological polar surface area (TPSA) is 153 Å². The molecule has 0 unspecified atom stereocenters. The van der Waals surface area contributed by atoms with Crippen LogP contribution in [-0.2, 0) is 34.2 Å². The van der Waals surface area contributed by atoms with E-state index >= 15 is 0 Å². The molecule has 1 fully saturated rings. The van der Waals surface area contributed by atoms with Crippen LogP contribution in [0.5, 0.6) is 0 Å². The fourth-order valence-corrected chi connectivity index (χ4v) is 7.03. The van der Waals surface area contributed by atoms with Gasteiger partial charge in [0.15, 0.2) is 16.4 Å². The summed E-state index contributed by atoms with van der Waals surface area (Å²) in [6.45, 7) is 2.66. The highest BCUT2D eigenvalue weighted by atomic mass is 32.2. The number of sulfonamides is 1. The summed E-state index contributed by atoms with van der Waals surface area (Å²) in [5.74, 6) is -1.57. The quantitative estimate of drug-likeness (QED) is 0.501. The summed E-state index contributed by atoms with van der Waals surface area (Å²) >= 11 is 0.871. The van der Waals surface area contributed by atoms with Gasteiger partial charge in [-0.15, -0.1) is 0 Å². The molecular formula is C17H22N4O7S3. The minimum Gasteiger partial charge on any atom is -0.454 e. The lowest BCUT2D eigenvalue weighted by Crippen LogP contribution is -2.45. The number of carbonyl (C=O) groups excluding carboxylic acids is 2. The largest absolute Gasteiger partial charge is 0.454 e. The number of benzene rings is 1. The second-order valence-corrected chi connectivity index (χ2v) is 11.5. The third kappa shape index (κ3) is 5.37. The van der Waals surface area contributed by atoms with Gasteiger partial charge < -0.3 is 9.64 Å². The van der Waals surface area contributed by atoms with Gasteiger partial charge in [-0.2, -0.15) is 13.5 Å². The molecule has 31 heavy (non-hydrogen) atoms. The van der Waals surface area contributed by atoms with Crippen molar-refractivity contribution in [2.45, 2.75) is 37.2 Å². The summed E-state index contributed by atoms with van der Waals surface area (Å²) in [5, 5.41) is 0. The Kier molecular flexibility index (Phi) is 6.93. The summed E-state index contributed by atoms with van der Waals surface area (Å²) in [5.41, 5.74) is 0.614. The SMILES string of the molecule is CCN(C(=O)COC(=O)[C@H](C)NS(=O)(=O)c1cccc2nsnc12)[C@H]1CCS(=O)(=O)C1. The minimum absolute atomic E-state index is 0.0152. The van der Waals surface area contributed by atoms with Gasteiger partial charge >= 0.3 is 5.97 Å². The molecule has 1 aliphatic rings. The van der Waals surface area contributed by atoms with Gasteiger partial charge in [0, 0.05) is 12.6 Å². The molecule has 0 aliphatic carbocycles. The Morgan fingerprint density at radius 2 is 2.10 bits per heavy atom. The van der Waals surface area contributed by atoms with Crippen LogP contribution in [0.1, 0.15) is 20.3 Å². The number of ether oxygens (including phenoxy) is 1. The Morgan fingerprint density at radius 3 is 2.74 bits per heavy atom. The molecule has 1 N–H and O–H groups in total. The normalized spacial score (nSPS) is 19.2. The van der Waals surface area contributed by atoms with E-state index in [4.69, 9.17) is 4.74 Å². The van der Waals surface area contributed by atoms with E-state index in [0.717, 1.165) is 11.7 Å². The molecule has 0 spiro atoms. The van der Waals surface area contributed by atoms with Crippen LogP contribution in [0.4, 0.5) is 0 Å². The number of nitrogens with one attached hydrogen (secondary N) is 1. The number of aromatic nitrogens is 2. The highest BCUT2D eigenvalue weighted by molar-refractivity contribution is 7.91. The smallest absolute Gasteiger partial charge is 0.324 e. The zero-order chi connectivity index (χ0) is 22.8. The van der Waals surface area contributed by atoms with Crippen molar-refractivity contribution in [2.24, 2.45) is 0 Å². The lowest BCUT2D eigenvalue weighted by atomic mass is 10.2. The molecule has 2 aromatic rings. The van der Waals surface area contributed by atoms with Crippen LogP contribution in [-0.4, -0.2) is 79.1 Å². The average molecular weight is 491 g/mol. The lowest BCUT2D eigenvalue weighted by molar-refractivity contribution is -0.153. The number of hydrogen-bond donors (Lipinski definition) is 1. The average Bonchev–Trinajstić information content (AvgIpc) is 3.32. The molecule has 2 atom stereocenters. The van der Waals surface area contributed by atoms with E-state index in [1.54, 1.807) is 13.0 Å². The van der Waals surface area contributed by atoms with Crippen LogP contribution < -0.4 is 4.72 Å². The monoisotopic (exact) mass is 490 g/mol. The number of rotatable bonds is 8. The highest BCUT2D eigenvalue weighted by Crippen LogP contribution is 2.21. The Balaban J connectivity index is 1.60. The van der Waals surface area contributed by atoms with Crippen molar-refractivity contribution >= 4 is 54.5 Å². The van der Waals surface area contributed by atoms with E-state index in [0.29, 0.717) is 11.9 Å². The minimum atomic E-state index is -4.10. The fourth-order valence-electron chi connectivity index (χ4n) is 3.34. The predicted molar refractivity (Wildman–Crippen MR) is 113 cm³/mol. The van der Waals surface area contributed by atoms with Crippen molar-refractivity contribution in [3.63, 3.8) is 0 Å². The fraction of sp³-hybridized carbons (Fsp3) is 0.529. The van der Waals surface area contributed by atoms with E-state index in [2.05, 4.69) is 13.5 Å². The molecule has 2 heterocycles. The molecule has 3 rings (SSSR count). The second kappa shape index (κ2) is 9.14. The van der Waals surface area contributed by atoms with Crippen molar-refractivity contribution in [3.8, 4) is 0 Å². The van der Waals surface area contributed by atoms with Gasteiger partial charge in [0.2, 0.25) is 10.0 Å². The summed E-state index contributed by atoms with van der Waals surface area (Å²) in [6, 6.07) is 2.77. The first-order valence-electron chi connectivity index (χ1n) is 9.44. The van der Waals surface area contributed by atoms with E-state index in [9.17, 15) is 26.4 Å². The van der Waals surface area contributed by atoms with Gasteiger partial charge in [-0.05, 0) is 32.4 Å². The van der Waals surface area contributed by atoms with Crippen LogP contribution in [0.25, 0.3) is 11.0 Å². The number of hydrogen-bond acceptors (Lipinski definition) is 10. The van der Waals surface area contributed by atoms with Crippen LogP contribution in [0.3, 0.4) is 0 Å². The zero-order valence-electron chi connectivity index (χ0n) is 16.8. The Hall–Kier alpha value is -2.16. The van der Waals surface area contributed by atoms with Gasteiger partial charge in [0.05, 0.1) is 23.2 Å². The molecule has 170 valence electrons. The van der Waals surface area contributed by atoms with Crippen molar-refractivity contribution in [1.29, 1.82) is 0 Å². The summed E-state index contributed by atoms with van der Waals surface area (Å²) < 4.78 is 63.8. The first kappa shape index (κ1) is 23.5. The van der Waals surface area contributed by atoms with Gasteiger partial charge in [-0.3, -0.25) is 9.59 Å². The molecule has 1 aromatic heterocycles. The summed E-state index contributed by atoms with van der Waals surface area (Å²) in [4.78, 5) is 25.9. The van der Waals surface area contributed by atoms with Crippen LogP contribution in [0.15, 0.2) is 23.1 Å². The van der Waals surface area contributed by atoms with Gasteiger partial charge in [-0.1, -0.05) is 6.07 Å². The lowest BCUT2D eigenvalue weighted by Gasteiger charge is -2.26. The Bertz CT molecular complexity index is 1190. The molecule has 1 aliphatic heterocycles.